The highest BCUT2D eigenvalue weighted by Gasteiger charge is 2.08. The number of nitrogens with one attached hydrogen (secondary N) is 2. The summed E-state index contributed by atoms with van der Waals surface area (Å²) in [6.45, 7) is 0.887. The van der Waals surface area contributed by atoms with E-state index in [1.807, 2.05) is 30.3 Å². The number of carbonyl (C=O) groups is 1. The van der Waals surface area contributed by atoms with Crippen LogP contribution in [0, 0.1) is 4.77 Å². The normalized spacial score (nSPS) is 10.8. The van der Waals surface area contributed by atoms with Gasteiger partial charge in [0.25, 0.3) is 5.56 Å². The van der Waals surface area contributed by atoms with E-state index in [0.717, 1.165) is 10.0 Å². The Morgan fingerprint density at radius 1 is 1.16 bits per heavy atom. The Hall–Kier alpha value is -2.65. The lowest BCUT2D eigenvalue weighted by Gasteiger charge is -2.10. The van der Waals surface area contributed by atoms with Gasteiger partial charge in [-0.05, 0) is 61.0 Å². The number of hydrogen-bond acceptors (Lipinski definition) is 5. The molecule has 9 heteroatoms. The van der Waals surface area contributed by atoms with Crippen molar-refractivity contribution in [3.63, 3.8) is 0 Å². The number of aromatic amines is 1. The fourth-order valence-electron chi connectivity index (χ4n) is 3.29. The number of hydrogen-bond donors (Lipinski definition) is 2. The number of rotatable bonds is 9. The van der Waals surface area contributed by atoms with Gasteiger partial charge < -0.3 is 19.8 Å². The molecule has 164 valence electrons. The average molecular weight is 506 g/mol. The van der Waals surface area contributed by atoms with E-state index >= 15 is 0 Å². The molecule has 0 spiro atoms. The SMILES string of the molecule is COc1ccc(CCNC(=O)CCCn2c(=S)[nH]c3ccc(Br)cc3c2=O)cc1OC. The molecule has 7 nitrogen and oxygen atoms in total. The van der Waals surface area contributed by atoms with Gasteiger partial charge >= 0.3 is 0 Å². The minimum Gasteiger partial charge on any atom is -0.493 e. The minimum absolute atomic E-state index is 0.0630. The van der Waals surface area contributed by atoms with Gasteiger partial charge in [0, 0.05) is 24.0 Å². The van der Waals surface area contributed by atoms with Crippen molar-refractivity contribution in [3.8, 4) is 11.5 Å². The van der Waals surface area contributed by atoms with Gasteiger partial charge in [-0.3, -0.25) is 14.2 Å². The maximum atomic E-state index is 12.7. The summed E-state index contributed by atoms with van der Waals surface area (Å²) in [7, 11) is 3.19. The quantitative estimate of drug-likeness (QED) is 0.429. The molecule has 0 bridgehead atoms. The Bertz CT molecular complexity index is 1210. The van der Waals surface area contributed by atoms with Crippen molar-refractivity contribution in [2.75, 3.05) is 20.8 Å². The largest absolute Gasteiger partial charge is 0.493 e. The van der Waals surface area contributed by atoms with Gasteiger partial charge in [0.2, 0.25) is 5.91 Å². The molecule has 0 unspecified atom stereocenters. The van der Waals surface area contributed by atoms with Gasteiger partial charge in [-0.1, -0.05) is 22.0 Å². The number of aromatic nitrogens is 2. The summed E-state index contributed by atoms with van der Waals surface area (Å²) < 4.78 is 13.2. The van der Waals surface area contributed by atoms with Crippen molar-refractivity contribution in [1.82, 2.24) is 14.9 Å². The fraction of sp³-hybridized carbons (Fsp3) is 0.318. The fourth-order valence-corrected chi connectivity index (χ4v) is 3.94. The van der Waals surface area contributed by atoms with Gasteiger partial charge in [0.05, 0.1) is 25.1 Å². The van der Waals surface area contributed by atoms with E-state index in [-0.39, 0.29) is 11.5 Å². The van der Waals surface area contributed by atoms with Crippen molar-refractivity contribution in [3.05, 3.63) is 61.6 Å². The number of methoxy groups -OCH3 is 2. The Balaban J connectivity index is 1.52. The summed E-state index contributed by atoms with van der Waals surface area (Å²) in [5, 5.41) is 3.47. The molecule has 31 heavy (non-hydrogen) atoms. The average Bonchev–Trinajstić information content (AvgIpc) is 2.76. The Kier molecular flexibility index (Phi) is 7.86. The topological polar surface area (TPSA) is 85.4 Å². The van der Waals surface area contributed by atoms with Crippen LogP contribution in [0.15, 0.2) is 45.7 Å². The van der Waals surface area contributed by atoms with Crippen LogP contribution in [0.1, 0.15) is 18.4 Å². The molecule has 2 N–H and O–H groups in total. The standard InChI is InChI=1S/C22H24BrN3O4S/c1-29-18-8-5-14(12-19(18)30-2)9-10-24-20(27)4-3-11-26-21(28)16-13-15(23)6-7-17(16)25-22(26)31/h5-8,12-13H,3-4,9-11H2,1-2H3,(H,24,27)(H,25,31). The second-order valence-corrected chi connectivity index (χ2v) is 8.27. The molecule has 3 rings (SSSR count). The summed E-state index contributed by atoms with van der Waals surface area (Å²) in [5.41, 5.74) is 1.58. The molecule has 0 aliphatic carbocycles. The second-order valence-electron chi connectivity index (χ2n) is 6.97. The van der Waals surface area contributed by atoms with Gasteiger partial charge in [0.1, 0.15) is 0 Å². The van der Waals surface area contributed by atoms with Crippen molar-refractivity contribution in [2.24, 2.45) is 0 Å². The third kappa shape index (κ3) is 5.74. The maximum absolute atomic E-state index is 12.7. The summed E-state index contributed by atoms with van der Waals surface area (Å²) in [4.78, 5) is 28.0. The zero-order valence-electron chi connectivity index (χ0n) is 17.4. The minimum atomic E-state index is -0.158. The summed E-state index contributed by atoms with van der Waals surface area (Å²) in [5.74, 6) is 1.27. The van der Waals surface area contributed by atoms with Crippen LogP contribution in [0.3, 0.4) is 0 Å². The van der Waals surface area contributed by atoms with E-state index in [1.54, 1.807) is 20.3 Å². The van der Waals surface area contributed by atoms with Crippen molar-refractivity contribution in [2.45, 2.75) is 25.8 Å². The first kappa shape index (κ1) is 23.0. The third-order valence-electron chi connectivity index (χ3n) is 4.91. The van der Waals surface area contributed by atoms with Crippen LogP contribution >= 0.6 is 28.1 Å². The molecule has 0 saturated heterocycles. The Labute approximate surface area is 193 Å². The predicted octanol–water partition coefficient (Wildman–Crippen LogP) is 3.98. The Morgan fingerprint density at radius 3 is 2.68 bits per heavy atom. The van der Waals surface area contributed by atoms with Crippen molar-refractivity contribution >= 4 is 45.0 Å². The van der Waals surface area contributed by atoms with Crippen LogP contribution in [0.2, 0.25) is 0 Å². The summed E-state index contributed by atoms with van der Waals surface area (Å²) in [6, 6.07) is 11.1. The zero-order valence-corrected chi connectivity index (χ0v) is 19.8. The summed E-state index contributed by atoms with van der Waals surface area (Å²) >= 11 is 8.70. The third-order valence-corrected chi connectivity index (χ3v) is 5.73. The number of carbonyl (C=O) groups excluding carboxylic acids is 1. The van der Waals surface area contributed by atoms with Crippen LogP contribution in [0.25, 0.3) is 10.9 Å². The second kappa shape index (κ2) is 10.6. The van der Waals surface area contributed by atoms with Crippen molar-refractivity contribution in [1.29, 1.82) is 0 Å². The number of H-pyrrole nitrogens is 1. The molecule has 0 atom stereocenters. The molecule has 0 aliphatic heterocycles. The summed E-state index contributed by atoms with van der Waals surface area (Å²) in [6.07, 6.45) is 1.50. The van der Waals surface area contributed by atoms with E-state index in [0.29, 0.717) is 59.5 Å². The lowest BCUT2D eigenvalue weighted by atomic mass is 10.1. The number of benzene rings is 2. The number of nitrogens with zero attached hydrogens (tertiary/aromatic N) is 1. The zero-order chi connectivity index (χ0) is 22.4. The van der Waals surface area contributed by atoms with Gasteiger partial charge in [-0.2, -0.15) is 0 Å². The van der Waals surface area contributed by atoms with Crippen LogP contribution in [-0.2, 0) is 17.8 Å². The van der Waals surface area contributed by atoms with Gasteiger partial charge in [-0.15, -0.1) is 0 Å². The first-order valence-corrected chi connectivity index (χ1v) is 11.0. The number of fused-ring (bicyclic) bond motifs is 1. The smallest absolute Gasteiger partial charge is 0.262 e. The van der Waals surface area contributed by atoms with Gasteiger partial charge in [0.15, 0.2) is 16.3 Å². The molecular formula is C22H24BrN3O4S. The monoisotopic (exact) mass is 505 g/mol. The number of ether oxygens (including phenoxy) is 2. The van der Waals surface area contributed by atoms with E-state index in [4.69, 9.17) is 21.7 Å². The first-order valence-electron chi connectivity index (χ1n) is 9.83. The molecular weight excluding hydrogens is 482 g/mol. The highest BCUT2D eigenvalue weighted by molar-refractivity contribution is 9.10. The molecule has 0 aliphatic rings. The molecule has 0 saturated carbocycles. The lowest BCUT2D eigenvalue weighted by molar-refractivity contribution is -0.121. The molecule has 1 heterocycles. The Morgan fingerprint density at radius 2 is 1.94 bits per heavy atom. The van der Waals surface area contributed by atoms with E-state index in [1.165, 1.54) is 4.57 Å². The van der Waals surface area contributed by atoms with Crippen LogP contribution < -0.4 is 20.3 Å². The maximum Gasteiger partial charge on any atom is 0.262 e. The number of amides is 1. The highest BCUT2D eigenvalue weighted by atomic mass is 79.9. The molecule has 1 amide bonds. The molecule has 3 aromatic rings. The lowest BCUT2D eigenvalue weighted by Crippen LogP contribution is -2.27. The molecule has 1 aromatic heterocycles. The molecule has 0 fully saturated rings. The molecule has 2 aromatic carbocycles. The highest BCUT2D eigenvalue weighted by Crippen LogP contribution is 2.27. The van der Waals surface area contributed by atoms with Crippen molar-refractivity contribution < 1.29 is 14.3 Å². The first-order chi connectivity index (χ1) is 14.9. The predicted molar refractivity (Wildman–Crippen MR) is 127 cm³/mol. The van der Waals surface area contributed by atoms with Gasteiger partial charge in [-0.25, -0.2) is 0 Å². The van der Waals surface area contributed by atoms with E-state index in [9.17, 15) is 9.59 Å². The van der Waals surface area contributed by atoms with Crippen LogP contribution in [-0.4, -0.2) is 36.2 Å². The van der Waals surface area contributed by atoms with E-state index < -0.39 is 0 Å². The van der Waals surface area contributed by atoms with Crippen LogP contribution in [0.5, 0.6) is 11.5 Å². The van der Waals surface area contributed by atoms with E-state index in [2.05, 4.69) is 26.2 Å². The van der Waals surface area contributed by atoms with Crippen LogP contribution in [0.4, 0.5) is 0 Å². The number of halogens is 1. The molecule has 0 radical (unpaired) electrons.